The maximum Gasteiger partial charge on any atom is 0.600 e. The smallest absolute Gasteiger partial charge is 0.481 e. The Bertz CT molecular complexity index is 461. The number of rotatable bonds is 19. The Labute approximate surface area is 183 Å². The lowest BCUT2D eigenvalue weighted by atomic mass is 10.1. The van der Waals surface area contributed by atoms with E-state index in [4.69, 9.17) is 18.0 Å². The summed E-state index contributed by atoms with van der Waals surface area (Å²) in [7, 11) is -3.46. The van der Waals surface area contributed by atoms with Crippen molar-refractivity contribution >= 4 is 20.9 Å². The first-order chi connectivity index (χ1) is 14.3. The first-order valence-corrected chi connectivity index (χ1v) is 13.1. The van der Waals surface area contributed by atoms with E-state index in [-0.39, 0.29) is 6.10 Å². The van der Waals surface area contributed by atoms with E-state index in [0.717, 1.165) is 32.1 Å². The van der Waals surface area contributed by atoms with Crippen molar-refractivity contribution in [1.29, 1.82) is 0 Å². The number of carbonyl (C=O) groups is 2. The highest BCUT2D eigenvalue weighted by molar-refractivity contribution is 6.58. The Morgan fingerprint density at radius 1 is 0.867 bits per heavy atom. The van der Waals surface area contributed by atoms with Crippen LogP contribution in [0.4, 0.5) is 0 Å². The molecule has 178 valence electrons. The summed E-state index contributed by atoms with van der Waals surface area (Å²) in [4.78, 5) is 24.9. The van der Waals surface area contributed by atoms with Crippen molar-refractivity contribution in [3.63, 3.8) is 0 Å². The third-order valence-corrected chi connectivity index (χ3v) is 7.79. The average molecular weight is 450 g/mol. The van der Waals surface area contributed by atoms with Crippen LogP contribution >= 0.6 is 0 Å². The molecule has 0 aromatic carbocycles. The highest BCUT2D eigenvalue weighted by Gasteiger charge is 2.53. The third kappa shape index (κ3) is 9.87. The number of ether oxygens (including phenoxy) is 1. The molecular weight excluding hydrogens is 406 g/mol. The lowest BCUT2D eigenvalue weighted by Crippen LogP contribution is -2.66. The zero-order valence-electron chi connectivity index (χ0n) is 19.8. The van der Waals surface area contributed by atoms with Crippen LogP contribution in [0, 0.1) is 0 Å². The van der Waals surface area contributed by atoms with Gasteiger partial charge in [0.05, 0.1) is 6.42 Å². The largest absolute Gasteiger partial charge is 0.600 e. The second-order valence-electron chi connectivity index (χ2n) is 7.12. The number of carboxylic acids is 1. The van der Waals surface area contributed by atoms with Crippen LogP contribution in [-0.2, 0) is 27.6 Å². The topological polar surface area (TPSA) is 94.5 Å². The van der Waals surface area contributed by atoms with Crippen LogP contribution < -0.4 is 0 Å². The van der Waals surface area contributed by atoms with Gasteiger partial charge in [-0.15, -0.1) is 0 Å². The molecule has 0 fully saturated rings. The molecule has 0 rings (SSSR count). The minimum atomic E-state index is -3.46. The predicted octanol–water partition coefficient (Wildman–Crippen LogP) is 3.99. The first kappa shape index (κ1) is 29.0. The van der Waals surface area contributed by atoms with E-state index in [0.29, 0.717) is 32.8 Å². The van der Waals surface area contributed by atoms with Gasteiger partial charge in [-0.3, -0.25) is 9.59 Å². The molecule has 0 heterocycles. The van der Waals surface area contributed by atoms with Crippen LogP contribution in [0.5, 0.6) is 0 Å². The fraction of sp³-hybridized carbons (Fsp3) is 0.905. The number of unbranched alkanes of at least 4 members (excludes halogenated alkanes) is 1. The van der Waals surface area contributed by atoms with E-state index in [1.165, 1.54) is 0 Å². The number of carboxylic acid groups (broad SMARTS) is 1. The summed E-state index contributed by atoms with van der Waals surface area (Å²) in [5.74, 6) is -1.62. The van der Waals surface area contributed by atoms with Gasteiger partial charge in [-0.1, -0.05) is 40.0 Å². The molecule has 0 spiro atoms. The molecule has 0 saturated carbocycles. The fourth-order valence-electron chi connectivity index (χ4n) is 3.39. The van der Waals surface area contributed by atoms with Crippen LogP contribution in [0.15, 0.2) is 0 Å². The van der Waals surface area contributed by atoms with Crippen LogP contribution in [0.25, 0.3) is 0 Å². The van der Waals surface area contributed by atoms with Gasteiger partial charge in [-0.05, 0) is 46.6 Å². The molecule has 2 unspecified atom stereocenters. The molecule has 30 heavy (non-hydrogen) atoms. The summed E-state index contributed by atoms with van der Waals surface area (Å²) < 4.78 is 25.4. The minimum Gasteiger partial charge on any atom is -0.481 e. The molecule has 0 saturated heterocycles. The van der Waals surface area contributed by atoms with Crippen molar-refractivity contribution in [3.8, 4) is 0 Å². The lowest BCUT2D eigenvalue weighted by molar-refractivity contribution is -0.160. The van der Waals surface area contributed by atoms with Crippen molar-refractivity contribution < 1.29 is 32.7 Å². The highest BCUT2D eigenvalue weighted by Crippen LogP contribution is 2.24. The van der Waals surface area contributed by atoms with E-state index in [1.54, 1.807) is 4.57 Å². The van der Waals surface area contributed by atoms with Gasteiger partial charge in [-0.2, -0.15) is 0 Å². The van der Waals surface area contributed by atoms with Crippen molar-refractivity contribution in [1.82, 2.24) is 4.57 Å². The molecule has 0 aliphatic rings. The third-order valence-electron chi connectivity index (χ3n) is 4.59. The SMILES string of the molecule is CCCCC(CCC)OC(=O)C(CC(=O)O)N(CCC)[Si](OCC)(OCC)OCC. The van der Waals surface area contributed by atoms with Crippen LogP contribution in [0.3, 0.4) is 0 Å². The summed E-state index contributed by atoms with van der Waals surface area (Å²) in [6, 6.07) is -1.03. The number of hydrogen-bond acceptors (Lipinski definition) is 7. The molecule has 9 heteroatoms. The molecule has 0 bridgehead atoms. The maximum absolute atomic E-state index is 13.2. The summed E-state index contributed by atoms with van der Waals surface area (Å²) in [5, 5.41) is 9.54. The maximum atomic E-state index is 13.2. The second kappa shape index (κ2) is 16.7. The highest BCUT2D eigenvalue weighted by atomic mass is 28.4. The predicted molar refractivity (Wildman–Crippen MR) is 118 cm³/mol. The molecule has 0 aromatic heterocycles. The number of hydrogen-bond donors (Lipinski definition) is 1. The van der Waals surface area contributed by atoms with Gasteiger partial charge in [0, 0.05) is 19.8 Å². The number of aliphatic carboxylic acids is 1. The number of nitrogens with zero attached hydrogens (tertiary/aromatic N) is 1. The molecule has 0 aliphatic carbocycles. The van der Waals surface area contributed by atoms with Gasteiger partial charge in [0.1, 0.15) is 12.1 Å². The van der Waals surface area contributed by atoms with E-state index in [9.17, 15) is 14.7 Å². The molecule has 8 nitrogen and oxygen atoms in total. The van der Waals surface area contributed by atoms with Gasteiger partial charge >= 0.3 is 20.9 Å². The number of esters is 1. The quantitative estimate of drug-likeness (QED) is 0.234. The summed E-state index contributed by atoms with van der Waals surface area (Å²) in [6.45, 7) is 13.0. The minimum absolute atomic E-state index is 0.218. The molecule has 1 N–H and O–H groups in total. The molecule has 0 amide bonds. The Balaban J connectivity index is 5.98. The lowest BCUT2D eigenvalue weighted by Gasteiger charge is -2.40. The van der Waals surface area contributed by atoms with Crippen LogP contribution in [0.1, 0.15) is 86.5 Å². The van der Waals surface area contributed by atoms with Crippen LogP contribution in [0.2, 0.25) is 0 Å². The second-order valence-corrected chi connectivity index (χ2v) is 9.61. The van der Waals surface area contributed by atoms with Crippen molar-refractivity contribution in [3.05, 3.63) is 0 Å². The van der Waals surface area contributed by atoms with E-state index >= 15 is 0 Å². The Morgan fingerprint density at radius 2 is 1.43 bits per heavy atom. The van der Waals surface area contributed by atoms with Gasteiger partial charge in [0.25, 0.3) is 0 Å². The summed E-state index contributed by atoms with van der Waals surface area (Å²) in [5.41, 5.74) is 0. The fourth-order valence-corrected chi connectivity index (χ4v) is 6.31. The Kier molecular flexibility index (Phi) is 16.1. The van der Waals surface area contributed by atoms with Gasteiger partial charge in [0.15, 0.2) is 0 Å². The van der Waals surface area contributed by atoms with Crippen molar-refractivity contribution in [2.24, 2.45) is 0 Å². The number of carbonyl (C=O) groups excluding carboxylic acids is 1. The van der Waals surface area contributed by atoms with E-state index in [2.05, 4.69) is 6.92 Å². The molecule has 0 aromatic rings. The molecule has 0 radical (unpaired) electrons. The van der Waals surface area contributed by atoms with Gasteiger partial charge < -0.3 is 23.1 Å². The standard InChI is InChI=1S/C21H43NO7Si/c1-7-13-15-18(14-8-2)29-21(25)19(17-20(23)24)22(16-9-3)30(26-10-4,27-11-5)28-12-6/h18-19H,7-17H2,1-6H3,(H,23,24). The van der Waals surface area contributed by atoms with Crippen molar-refractivity contribution in [2.45, 2.75) is 98.6 Å². The van der Waals surface area contributed by atoms with Gasteiger partial charge in [0.2, 0.25) is 0 Å². The monoisotopic (exact) mass is 449 g/mol. The Morgan fingerprint density at radius 3 is 1.83 bits per heavy atom. The van der Waals surface area contributed by atoms with Crippen molar-refractivity contribution in [2.75, 3.05) is 26.4 Å². The Hall–Kier alpha value is -1.00. The van der Waals surface area contributed by atoms with E-state index < -0.39 is 33.4 Å². The zero-order chi connectivity index (χ0) is 23.0. The summed E-state index contributed by atoms with van der Waals surface area (Å²) >= 11 is 0. The van der Waals surface area contributed by atoms with Gasteiger partial charge in [-0.25, -0.2) is 4.57 Å². The zero-order valence-corrected chi connectivity index (χ0v) is 20.8. The van der Waals surface area contributed by atoms with E-state index in [1.807, 2.05) is 34.6 Å². The summed E-state index contributed by atoms with van der Waals surface area (Å²) in [6.07, 6.45) is 4.44. The first-order valence-electron chi connectivity index (χ1n) is 11.5. The molecule has 2 atom stereocenters. The van der Waals surface area contributed by atoms with Crippen LogP contribution in [-0.4, -0.2) is 69.1 Å². The molecular formula is C21H43NO7Si. The normalized spacial score (nSPS) is 14.0. The average Bonchev–Trinajstić information content (AvgIpc) is 2.69. The molecule has 0 aliphatic heterocycles.